The highest BCUT2D eigenvalue weighted by molar-refractivity contribution is 7.80. The maximum absolute atomic E-state index is 12.4. The standard InChI is InChI=1S/C27H25N5OS/c1-4-10-24-19(3)29-25-23(15-9-16-32(24)25)28-17-21-18(2)11-8-14-22(21)30-27(34)31-26(33)20-12-6-5-7-13-20/h1,5-9,11-16,28H,10,17H2,2-3H3,(H2,30,31,33,34). The molecule has 0 saturated heterocycles. The van der Waals surface area contributed by atoms with Crippen LogP contribution in [0.3, 0.4) is 0 Å². The fourth-order valence-corrected chi connectivity index (χ4v) is 4.04. The minimum Gasteiger partial charge on any atom is -0.378 e. The number of carbonyl (C=O) groups excluding carboxylic acids is 1. The molecule has 2 aromatic carbocycles. The van der Waals surface area contributed by atoms with Crippen molar-refractivity contribution in [2.24, 2.45) is 0 Å². The van der Waals surface area contributed by atoms with Gasteiger partial charge in [0, 0.05) is 24.0 Å². The van der Waals surface area contributed by atoms with Crippen molar-refractivity contribution in [1.29, 1.82) is 0 Å². The van der Waals surface area contributed by atoms with Gasteiger partial charge in [0.15, 0.2) is 10.8 Å². The van der Waals surface area contributed by atoms with Gasteiger partial charge in [0.05, 0.1) is 23.5 Å². The third kappa shape index (κ3) is 4.92. The molecule has 7 heteroatoms. The Morgan fingerprint density at radius 2 is 1.82 bits per heavy atom. The van der Waals surface area contributed by atoms with E-state index in [-0.39, 0.29) is 11.0 Å². The van der Waals surface area contributed by atoms with Crippen molar-refractivity contribution in [2.45, 2.75) is 26.8 Å². The first-order valence-electron chi connectivity index (χ1n) is 10.9. The lowest BCUT2D eigenvalue weighted by Crippen LogP contribution is -2.34. The zero-order valence-corrected chi connectivity index (χ0v) is 19.9. The van der Waals surface area contributed by atoms with E-state index < -0.39 is 0 Å². The van der Waals surface area contributed by atoms with Gasteiger partial charge >= 0.3 is 0 Å². The largest absolute Gasteiger partial charge is 0.378 e. The van der Waals surface area contributed by atoms with Crippen LogP contribution in [-0.2, 0) is 13.0 Å². The average Bonchev–Trinajstić information content (AvgIpc) is 3.15. The van der Waals surface area contributed by atoms with Crippen LogP contribution in [0.2, 0.25) is 0 Å². The molecule has 0 spiro atoms. The number of imidazole rings is 1. The first-order chi connectivity index (χ1) is 16.5. The van der Waals surface area contributed by atoms with E-state index in [9.17, 15) is 4.79 Å². The van der Waals surface area contributed by atoms with Crippen LogP contribution in [0.4, 0.5) is 11.4 Å². The second kappa shape index (κ2) is 10.2. The molecule has 1 amide bonds. The summed E-state index contributed by atoms with van der Waals surface area (Å²) >= 11 is 5.40. The van der Waals surface area contributed by atoms with E-state index >= 15 is 0 Å². The van der Waals surface area contributed by atoms with Gasteiger partial charge in [0.2, 0.25) is 0 Å². The van der Waals surface area contributed by atoms with Crippen LogP contribution in [0.25, 0.3) is 5.65 Å². The normalized spacial score (nSPS) is 10.5. The highest BCUT2D eigenvalue weighted by atomic mass is 32.1. The number of nitrogens with one attached hydrogen (secondary N) is 3. The summed E-state index contributed by atoms with van der Waals surface area (Å²) in [6.07, 6.45) is 8.03. The van der Waals surface area contributed by atoms with Crippen LogP contribution in [0.5, 0.6) is 0 Å². The van der Waals surface area contributed by atoms with Crippen LogP contribution in [0, 0.1) is 26.2 Å². The Kier molecular flexibility index (Phi) is 6.90. The van der Waals surface area contributed by atoms with Gasteiger partial charge in [-0.2, -0.15) is 0 Å². The van der Waals surface area contributed by atoms with Crippen molar-refractivity contribution in [3.63, 3.8) is 0 Å². The molecule has 0 atom stereocenters. The number of pyridine rings is 1. The molecule has 0 unspecified atom stereocenters. The molecule has 4 aromatic rings. The predicted octanol–water partition coefficient (Wildman–Crippen LogP) is 4.87. The molecule has 0 aliphatic heterocycles. The Bertz CT molecular complexity index is 1400. The van der Waals surface area contributed by atoms with Crippen molar-refractivity contribution < 1.29 is 4.79 Å². The van der Waals surface area contributed by atoms with Crippen molar-refractivity contribution in [3.05, 3.63) is 94.9 Å². The second-order valence-electron chi connectivity index (χ2n) is 7.87. The summed E-state index contributed by atoms with van der Waals surface area (Å²) in [5.41, 5.74) is 7.17. The van der Waals surface area contributed by atoms with Crippen molar-refractivity contribution >= 4 is 40.3 Å². The molecule has 2 heterocycles. The van der Waals surface area contributed by atoms with Gasteiger partial charge in [0.25, 0.3) is 5.91 Å². The van der Waals surface area contributed by atoms with Gasteiger partial charge in [-0.25, -0.2) is 4.98 Å². The molecular weight excluding hydrogens is 442 g/mol. The Hall–Kier alpha value is -4.15. The number of rotatable bonds is 6. The number of carbonyl (C=O) groups is 1. The molecule has 0 bridgehead atoms. The lowest BCUT2D eigenvalue weighted by Gasteiger charge is -2.17. The molecule has 0 aliphatic carbocycles. The summed E-state index contributed by atoms with van der Waals surface area (Å²) < 4.78 is 2.03. The van der Waals surface area contributed by atoms with Gasteiger partial charge in [-0.15, -0.1) is 12.3 Å². The molecule has 0 fully saturated rings. The predicted molar refractivity (Wildman–Crippen MR) is 141 cm³/mol. The minimum atomic E-state index is -0.255. The molecular formula is C27H25N5OS. The lowest BCUT2D eigenvalue weighted by atomic mass is 10.1. The summed E-state index contributed by atoms with van der Waals surface area (Å²) in [5.74, 6) is 2.45. The topological polar surface area (TPSA) is 70.5 Å². The Labute approximate surface area is 204 Å². The van der Waals surface area contributed by atoms with Crippen LogP contribution in [-0.4, -0.2) is 20.4 Å². The van der Waals surface area contributed by atoms with Crippen LogP contribution in [0.15, 0.2) is 66.9 Å². The fraction of sp³-hybridized carbons (Fsp3) is 0.148. The van der Waals surface area contributed by atoms with Gasteiger partial charge in [-0.3, -0.25) is 10.1 Å². The average molecular weight is 468 g/mol. The number of terminal acetylenes is 1. The molecule has 6 nitrogen and oxygen atoms in total. The van der Waals surface area contributed by atoms with E-state index in [1.54, 1.807) is 12.1 Å². The molecule has 2 aromatic heterocycles. The smallest absolute Gasteiger partial charge is 0.257 e. The summed E-state index contributed by atoms with van der Waals surface area (Å²) in [7, 11) is 0. The lowest BCUT2D eigenvalue weighted by molar-refractivity contribution is 0.0977. The highest BCUT2D eigenvalue weighted by Crippen LogP contribution is 2.24. The van der Waals surface area contributed by atoms with E-state index in [2.05, 4.69) is 21.9 Å². The van der Waals surface area contributed by atoms with Gasteiger partial charge in [-0.05, 0) is 67.5 Å². The first kappa shape index (κ1) is 23.0. The molecule has 0 saturated carbocycles. The third-order valence-corrected chi connectivity index (χ3v) is 5.80. The van der Waals surface area contributed by atoms with Crippen LogP contribution >= 0.6 is 12.2 Å². The summed E-state index contributed by atoms with van der Waals surface area (Å²) in [4.78, 5) is 17.2. The second-order valence-corrected chi connectivity index (χ2v) is 8.28. The number of amides is 1. The summed E-state index contributed by atoms with van der Waals surface area (Å²) in [5, 5.41) is 9.66. The molecule has 0 aliphatic rings. The van der Waals surface area contributed by atoms with Crippen LogP contribution in [0.1, 0.15) is 32.9 Å². The molecule has 34 heavy (non-hydrogen) atoms. The minimum absolute atomic E-state index is 0.241. The quantitative estimate of drug-likeness (QED) is 0.279. The third-order valence-electron chi connectivity index (χ3n) is 5.60. The number of aromatic nitrogens is 2. The number of aryl methyl sites for hydroxylation is 2. The van der Waals surface area contributed by atoms with Crippen molar-refractivity contribution in [3.8, 4) is 12.3 Å². The van der Waals surface area contributed by atoms with Crippen LogP contribution < -0.4 is 16.0 Å². The SMILES string of the molecule is C#CCc1c(C)nc2c(NCc3c(C)cccc3NC(=S)NC(=O)c3ccccc3)cccn12. The van der Waals surface area contributed by atoms with E-state index in [0.717, 1.165) is 39.5 Å². The number of hydrogen-bond donors (Lipinski definition) is 3. The Morgan fingerprint density at radius 3 is 2.59 bits per heavy atom. The molecule has 0 radical (unpaired) electrons. The van der Waals surface area contributed by atoms with E-state index in [1.165, 1.54) is 0 Å². The first-order valence-corrected chi connectivity index (χ1v) is 11.3. The van der Waals surface area contributed by atoms with Gasteiger partial charge in [-0.1, -0.05) is 30.3 Å². The number of fused-ring (bicyclic) bond motifs is 1. The van der Waals surface area contributed by atoms with Gasteiger partial charge < -0.3 is 15.0 Å². The summed E-state index contributed by atoms with van der Waals surface area (Å²) in [6.45, 7) is 4.55. The zero-order valence-electron chi connectivity index (χ0n) is 19.1. The monoisotopic (exact) mass is 467 g/mol. The van der Waals surface area contributed by atoms with E-state index in [0.29, 0.717) is 18.5 Å². The van der Waals surface area contributed by atoms with Crippen molar-refractivity contribution in [1.82, 2.24) is 14.7 Å². The molecule has 3 N–H and O–H groups in total. The van der Waals surface area contributed by atoms with Gasteiger partial charge in [0.1, 0.15) is 0 Å². The maximum Gasteiger partial charge on any atom is 0.257 e. The number of nitrogens with zero attached hydrogens (tertiary/aromatic N) is 2. The zero-order chi connectivity index (χ0) is 24.1. The Morgan fingerprint density at radius 1 is 1.06 bits per heavy atom. The number of thiocarbonyl (C=S) groups is 1. The van der Waals surface area contributed by atoms with E-state index in [1.807, 2.05) is 73.0 Å². The summed E-state index contributed by atoms with van der Waals surface area (Å²) in [6, 6.07) is 18.9. The molecule has 170 valence electrons. The number of benzene rings is 2. The Balaban J connectivity index is 1.52. The fourth-order valence-electron chi connectivity index (χ4n) is 3.83. The number of anilines is 2. The van der Waals surface area contributed by atoms with Crippen molar-refractivity contribution in [2.75, 3.05) is 10.6 Å². The molecule has 4 rings (SSSR count). The number of hydrogen-bond acceptors (Lipinski definition) is 4. The van der Waals surface area contributed by atoms with E-state index in [4.69, 9.17) is 23.6 Å². The highest BCUT2D eigenvalue weighted by Gasteiger charge is 2.13. The maximum atomic E-state index is 12.4.